The summed E-state index contributed by atoms with van der Waals surface area (Å²) in [6, 6.07) is 14.5. The Balaban J connectivity index is 1.67. The van der Waals surface area contributed by atoms with E-state index in [1.165, 1.54) is 16.4 Å². The summed E-state index contributed by atoms with van der Waals surface area (Å²) in [5, 5.41) is 0.552. The molecule has 2 N–H and O–H groups in total. The van der Waals surface area contributed by atoms with Crippen LogP contribution in [0, 0.1) is 17.5 Å². The lowest BCUT2D eigenvalue weighted by molar-refractivity contribution is 0.592. The summed E-state index contributed by atoms with van der Waals surface area (Å²) in [5.41, 5.74) is 7.95. The molecule has 0 bridgehead atoms. The Morgan fingerprint density at radius 2 is 1.74 bits per heavy atom. The van der Waals surface area contributed by atoms with Crippen molar-refractivity contribution in [1.29, 1.82) is 0 Å². The van der Waals surface area contributed by atoms with E-state index in [9.17, 15) is 13.2 Å². The van der Waals surface area contributed by atoms with E-state index in [0.717, 1.165) is 41.5 Å². The fourth-order valence-corrected chi connectivity index (χ4v) is 4.67. The van der Waals surface area contributed by atoms with Gasteiger partial charge in [-0.3, -0.25) is 4.31 Å². The van der Waals surface area contributed by atoms with Gasteiger partial charge in [-0.05, 0) is 84.4 Å². The van der Waals surface area contributed by atoms with Crippen LogP contribution < -0.4 is 10.0 Å². The van der Waals surface area contributed by atoms with Gasteiger partial charge in [0.15, 0.2) is 0 Å². The molecule has 1 unspecified atom stereocenters. The summed E-state index contributed by atoms with van der Waals surface area (Å²) in [4.78, 5) is 4.75. The number of rotatable bonds is 9. The lowest BCUT2D eigenvalue weighted by atomic mass is 10.00. The lowest BCUT2D eigenvalue weighted by Gasteiger charge is -2.31. The monoisotopic (exact) mass is 502 g/mol. The molecule has 0 saturated carbocycles. The van der Waals surface area contributed by atoms with Gasteiger partial charge in [0, 0.05) is 34.9 Å². The molecule has 0 spiro atoms. The number of halogens is 4. The number of aryl methyl sites for hydroxylation is 2. The van der Waals surface area contributed by atoms with Gasteiger partial charge < -0.3 is 10.3 Å². The molecule has 4 rings (SSSR count). The molecular formula is C25H22ClF3N4S. The zero-order chi connectivity index (χ0) is 24.1. The summed E-state index contributed by atoms with van der Waals surface area (Å²) in [6.45, 7) is 0.701. The smallest absolute Gasteiger partial charge is 0.147 e. The second-order valence-corrected chi connectivity index (χ2v) is 9.14. The highest BCUT2D eigenvalue weighted by molar-refractivity contribution is 8.00. The summed E-state index contributed by atoms with van der Waals surface area (Å²) in [5.74, 6) is -1.60. The van der Waals surface area contributed by atoms with Crippen molar-refractivity contribution in [2.75, 3.05) is 4.31 Å². The van der Waals surface area contributed by atoms with Gasteiger partial charge in [0.25, 0.3) is 0 Å². The van der Waals surface area contributed by atoms with Gasteiger partial charge in [-0.2, -0.15) is 0 Å². The van der Waals surface area contributed by atoms with E-state index in [2.05, 4.69) is 4.98 Å². The van der Waals surface area contributed by atoms with Crippen molar-refractivity contribution in [3.05, 3.63) is 113 Å². The predicted molar refractivity (Wildman–Crippen MR) is 130 cm³/mol. The Morgan fingerprint density at radius 3 is 2.47 bits per heavy atom. The third-order valence-corrected chi connectivity index (χ3v) is 6.62. The van der Waals surface area contributed by atoms with Crippen molar-refractivity contribution >= 4 is 29.2 Å². The minimum absolute atomic E-state index is 0.0128. The van der Waals surface area contributed by atoms with Crippen LogP contribution in [0.15, 0.2) is 84.3 Å². The van der Waals surface area contributed by atoms with Gasteiger partial charge >= 0.3 is 0 Å². The summed E-state index contributed by atoms with van der Waals surface area (Å²) in [6.07, 6.45) is 5.65. The molecule has 1 heterocycles. The van der Waals surface area contributed by atoms with E-state index in [-0.39, 0.29) is 11.5 Å². The van der Waals surface area contributed by atoms with Crippen LogP contribution in [0.4, 0.5) is 18.9 Å². The second kappa shape index (κ2) is 11.0. The number of imidazole rings is 1. The van der Waals surface area contributed by atoms with Crippen molar-refractivity contribution in [3.8, 4) is 0 Å². The van der Waals surface area contributed by atoms with Crippen LogP contribution in [-0.2, 0) is 13.0 Å². The Morgan fingerprint density at radius 1 is 1.00 bits per heavy atom. The largest absolute Gasteiger partial charge is 0.337 e. The van der Waals surface area contributed by atoms with E-state index in [1.807, 2.05) is 10.8 Å². The van der Waals surface area contributed by atoms with E-state index >= 15 is 0 Å². The highest BCUT2D eigenvalue weighted by Crippen LogP contribution is 2.38. The van der Waals surface area contributed by atoms with Crippen LogP contribution in [0.5, 0.6) is 0 Å². The number of hydrogen-bond donors (Lipinski definition) is 1. The molecule has 0 aliphatic heterocycles. The Kier molecular flexibility index (Phi) is 7.82. The predicted octanol–water partition coefficient (Wildman–Crippen LogP) is 6.76. The fraction of sp³-hybridized carbons (Fsp3) is 0.160. The van der Waals surface area contributed by atoms with Gasteiger partial charge in [-0.25, -0.2) is 18.2 Å². The Hall–Kier alpha value is -2.94. The molecule has 0 amide bonds. The first-order valence-corrected chi connectivity index (χ1v) is 11.7. The minimum Gasteiger partial charge on any atom is -0.337 e. The van der Waals surface area contributed by atoms with Gasteiger partial charge in [0.05, 0.1) is 12.0 Å². The average Bonchev–Trinajstić information content (AvgIpc) is 3.34. The number of hydrogen-bond acceptors (Lipinski definition) is 4. The molecule has 1 atom stereocenters. The van der Waals surface area contributed by atoms with Gasteiger partial charge in [0.1, 0.15) is 23.6 Å². The van der Waals surface area contributed by atoms with Gasteiger partial charge in [0.2, 0.25) is 0 Å². The third-order valence-electron chi connectivity index (χ3n) is 5.26. The van der Waals surface area contributed by atoms with Gasteiger partial charge in [-0.1, -0.05) is 17.7 Å². The van der Waals surface area contributed by atoms with Crippen molar-refractivity contribution in [2.45, 2.75) is 30.4 Å². The van der Waals surface area contributed by atoms with Crippen LogP contribution in [0.1, 0.15) is 23.7 Å². The molecule has 0 aliphatic rings. The summed E-state index contributed by atoms with van der Waals surface area (Å²) >= 11 is 7.14. The van der Waals surface area contributed by atoms with Crippen LogP contribution in [0.2, 0.25) is 5.02 Å². The zero-order valence-corrected chi connectivity index (χ0v) is 19.6. The topological polar surface area (TPSA) is 47.1 Å². The molecule has 0 fully saturated rings. The van der Waals surface area contributed by atoms with Crippen molar-refractivity contribution in [2.24, 2.45) is 5.73 Å². The SMILES string of the molecule is NC(c1ccc(F)cc1CCCn1ccnc1)N(Sc1ccc(Cl)cc1)c1cc(F)ccc1F. The maximum Gasteiger partial charge on any atom is 0.147 e. The Labute approximate surface area is 205 Å². The first kappa shape index (κ1) is 24.2. The summed E-state index contributed by atoms with van der Waals surface area (Å²) in [7, 11) is 0. The third kappa shape index (κ3) is 5.94. The molecule has 1 aromatic heterocycles. The van der Waals surface area contributed by atoms with Crippen molar-refractivity contribution in [3.63, 3.8) is 0 Å². The van der Waals surface area contributed by atoms with Crippen molar-refractivity contribution < 1.29 is 13.2 Å². The normalized spacial score (nSPS) is 12.0. The Bertz CT molecular complexity index is 1240. The molecule has 0 aliphatic carbocycles. The van der Waals surface area contributed by atoms with E-state index < -0.39 is 17.8 Å². The fourth-order valence-electron chi connectivity index (χ4n) is 3.60. The van der Waals surface area contributed by atoms with E-state index in [4.69, 9.17) is 17.3 Å². The quantitative estimate of drug-likeness (QED) is 0.203. The van der Waals surface area contributed by atoms with E-state index in [0.29, 0.717) is 29.1 Å². The second-order valence-electron chi connectivity index (χ2n) is 7.66. The highest BCUT2D eigenvalue weighted by atomic mass is 35.5. The number of aromatic nitrogens is 2. The van der Waals surface area contributed by atoms with Crippen LogP contribution in [-0.4, -0.2) is 9.55 Å². The lowest BCUT2D eigenvalue weighted by Crippen LogP contribution is -2.31. The maximum atomic E-state index is 14.8. The number of nitrogens with zero attached hydrogens (tertiary/aromatic N) is 3. The molecule has 0 radical (unpaired) electrons. The number of benzene rings is 3. The molecule has 9 heteroatoms. The number of nitrogens with two attached hydrogens (primary N) is 1. The molecule has 176 valence electrons. The van der Waals surface area contributed by atoms with E-state index in [1.54, 1.807) is 42.9 Å². The maximum absolute atomic E-state index is 14.8. The molecule has 4 nitrogen and oxygen atoms in total. The van der Waals surface area contributed by atoms with Crippen LogP contribution in [0.3, 0.4) is 0 Å². The molecule has 0 saturated heterocycles. The van der Waals surface area contributed by atoms with Gasteiger partial charge in [-0.15, -0.1) is 0 Å². The molecule has 34 heavy (non-hydrogen) atoms. The average molecular weight is 503 g/mol. The minimum atomic E-state index is -0.888. The zero-order valence-electron chi connectivity index (χ0n) is 18.0. The molecule has 4 aromatic rings. The number of anilines is 1. The highest BCUT2D eigenvalue weighted by Gasteiger charge is 2.24. The van der Waals surface area contributed by atoms with Crippen molar-refractivity contribution in [1.82, 2.24) is 9.55 Å². The van der Waals surface area contributed by atoms with Crippen LogP contribution >= 0.6 is 23.5 Å². The first-order chi connectivity index (χ1) is 16.4. The van der Waals surface area contributed by atoms with Crippen LogP contribution in [0.25, 0.3) is 0 Å². The standard InChI is InChI=1S/C25H22ClF3N4S/c26-18-3-7-21(8-4-18)34-33(24-15-20(28)6-10-23(24)29)25(30)22-9-5-19(27)14-17(22)2-1-12-32-13-11-31-16-32/h3-11,13-16,25H,1-2,12,30H2. The molecular weight excluding hydrogens is 481 g/mol. The first-order valence-electron chi connectivity index (χ1n) is 10.6. The summed E-state index contributed by atoms with van der Waals surface area (Å²) < 4.78 is 46.5. The molecule has 3 aromatic carbocycles.